The summed E-state index contributed by atoms with van der Waals surface area (Å²) in [6, 6.07) is 10.6. The fourth-order valence-electron chi connectivity index (χ4n) is 2.70. The van der Waals surface area contributed by atoms with Crippen LogP contribution >= 0.6 is 11.6 Å². The van der Waals surface area contributed by atoms with Gasteiger partial charge in [0.25, 0.3) is 0 Å². The fourth-order valence-corrected chi connectivity index (χ4v) is 2.88. The number of hydrogen-bond acceptors (Lipinski definition) is 2. The van der Waals surface area contributed by atoms with E-state index in [2.05, 4.69) is 40.0 Å². The van der Waals surface area contributed by atoms with Crippen LogP contribution in [-0.4, -0.2) is 15.6 Å². The van der Waals surface area contributed by atoms with Gasteiger partial charge in [-0.05, 0) is 42.0 Å². The highest BCUT2D eigenvalue weighted by Gasteiger charge is 2.09. The maximum atomic E-state index is 6.22. The molecule has 0 saturated carbocycles. The molecule has 3 rings (SSSR count). The minimum Gasteiger partial charge on any atom is -0.343 e. The van der Waals surface area contributed by atoms with Crippen LogP contribution in [0.2, 0.25) is 5.02 Å². The van der Waals surface area contributed by atoms with E-state index in [4.69, 9.17) is 17.3 Å². The van der Waals surface area contributed by atoms with Crippen molar-refractivity contribution in [3.8, 4) is 0 Å². The van der Waals surface area contributed by atoms with Crippen molar-refractivity contribution in [3.05, 3.63) is 65.1 Å². The molecule has 0 spiro atoms. The monoisotopic (exact) mass is 299 g/mol. The first kappa shape index (κ1) is 14.1. The minimum absolute atomic E-state index is 0.142. The Labute approximate surface area is 129 Å². The molecule has 1 atom stereocenters. The lowest BCUT2D eigenvalue weighted by atomic mass is 10.0. The average Bonchev–Trinajstić information content (AvgIpc) is 2.85. The Morgan fingerprint density at radius 2 is 2.10 bits per heavy atom. The molecule has 0 radical (unpaired) electrons. The number of fused-ring (bicyclic) bond motifs is 1. The van der Waals surface area contributed by atoms with Crippen molar-refractivity contribution in [3.63, 3.8) is 0 Å². The second-order valence-corrected chi connectivity index (χ2v) is 5.85. The van der Waals surface area contributed by atoms with Crippen LogP contribution in [0.1, 0.15) is 18.1 Å². The van der Waals surface area contributed by atoms with Crippen LogP contribution in [-0.2, 0) is 13.0 Å². The molecular formula is C17H18ClN3. The van der Waals surface area contributed by atoms with Gasteiger partial charge < -0.3 is 10.3 Å². The van der Waals surface area contributed by atoms with Crippen LogP contribution in [0.3, 0.4) is 0 Å². The Bertz CT molecular complexity index is 762. The van der Waals surface area contributed by atoms with Crippen molar-refractivity contribution >= 4 is 22.5 Å². The standard InChI is InChI=1S/C17H18ClN3/c1-12(19)9-14-4-2-3-13-6-8-21(17(13)14)11-15-5-7-20-10-16(15)18/h2-8,10,12H,9,11,19H2,1H3. The summed E-state index contributed by atoms with van der Waals surface area (Å²) in [5.41, 5.74) is 9.56. The van der Waals surface area contributed by atoms with E-state index in [9.17, 15) is 0 Å². The van der Waals surface area contributed by atoms with E-state index >= 15 is 0 Å². The number of rotatable bonds is 4. The third kappa shape index (κ3) is 2.94. The molecule has 21 heavy (non-hydrogen) atoms. The molecule has 0 fully saturated rings. The third-order valence-corrected chi connectivity index (χ3v) is 3.95. The Morgan fingerprint density at radius 1 is 1.24 bits per heavy atom. The van der Waals surface area contributed by atoms with Gasteiger partial charge in [-0.2, -0.15) is 0 Å². The molecule has 2 heterocycles. The summed E-state index contributed by atoms with van der Waals surface area (Å²) >= 11 is 6.22. The molecule has 1 unspecified atom stereocenters. The van der Waals surface area contributed by atoms with Crippen molar-refractivity contribution in [1.29, 1.82) is 0 Å². The van der Waals surface area contributed by atoms with Crippen molar-refractivity contribution in [2.24, 2.45) is 5.73 Å². The van der Waals surface area contributed by atoms with Gasteiger partial charge in [-0.3, -0.25) is 4.98 Å². The lowest BCUT2D eigenvalue weighted by molar-refractivity contribution is 0.734. The van der Waals surface area contributed by atoms with Crippen molar-refractivity contribution < 1.29 is 0 Å². The molecule has 0 aliphatic rings. The highest BCUT2D eigenvalue weighted by Crippen LogP contribution is 2.24. The van der Waals surface area contributed by atoms with Crippen molar-refractivity contribution in [2.45, 2.75) is 25.9 Å². The molecule has 0 aliphatic heterocycles. The summed E-state index contributed by atoms with van der Waals surface area (Å²) in [6.45, 7) is 2.77. The molecule has 0 bridgehead atoms. The number of halogens is 1. The van der Waals surface area contributed by atoms with E-state index < -0.39 is 0 Å². The number of benzene rings is 1. The number of nitrogens with two attached hydrogens (primary N) is 1. The molecule has 3 nitrogen and oxygen atoms in total. The lowest BCUT2D eigenvalue weighted by Gasteiger charge is -2.12. The number of nitrogens with zero attached hydrogens (tertiary/aromatic N) is 2. The summed E-state index contributed by atoms with van der Waals surface area (Å²) in [5.74, 6) is 0. The Morgan fingerprint density at radius 3 is 2.86 bits per heavy atom. The fraction of sp³-hybridized carbons (Fsp3) is 0.235. The maximum absolute atomic E-state index is 6.22. The average molecular weight is 300 g/mol. The molecule has 2 aromatic heterocycles. The molecule has 108 valence electrons. The SMILES string of the molecule is CC(N)Cc1cccc2ccn(Cc3ccncc3Cl)c12. The Kier molecular flexibility index (Phi) is 3.95. The second-order valence-electron chi connectivity index (χ2n) is 5.45. The van der Waals surface area contributed by atoms with E-state index in [1.165, 1.54) is 16.5 Å². The largest absolute Gasteiger partial charge is 0.343 e. The van der Waals surface area contributed by atoms with E-state index in [1.54, 1.807) is 12.4 Å². The zero-order chi connectivity index (χ0) is 14.8. The van der Waals surface area contributed by atoms with Crippen molar-refractivity contribution in [2.75, 3.05) is 0 Å². The predicted molar refractivity (Wildman–Crippen MR) is 87.6 cm³/mol. The Hall–Kier alpha value is -1.84. The van der Waals surface area contributed by atoms with Crippen LogP contribution < -0.4 is 5.73 Å². The maximum Gasteiger partial charge on any atom is 0.0639 e. The number of hydrogen-bond donors (Lipinski definition) is 1. The van der Waals surface area contributed by atoms with E-state index in [1.807, 2.05) is 13.0 Å². The molecule has 0 amide bonds. The van der Waals surface area contributed by atoms with Gasteiger partial charge in [-0.1, -0.05) is 29.8 Å². The number of para-hydroxylation sites is 1. The van der Waals surface area contributed by atoms with Gasteiger partial charge in [0.15, 0.2) is 0 Å². The van der Waals surface area contributed by atoms with E-state index in [0.717, 1.165) is 18.5 Å². The van der Waals surface area contributed by atoms with Gasteiger partial charge in [0, 0.05) is 31.2 Å². The molecule has 1 aromatic carbocycles. The summed E-state index contributed by atoms with van der Waals surface area (Å²) in [7, 11) is 0. The summed E-state index contributed by atoms with van der Waals surface area (Å²) < 4.78 is 2.23. The second kappa shape index (κ2) is 5.88. The van der Waals surface area contributed by atoms with Crippen LogP contribution in [0, 0.1) is 0 Å². The topological polar surface area (TPSA) is 43.8 Å². The normalized spacial score (nSPS) is 12.7. The number of pyridine rings is 1. The van der Waals surface area contributed by atoms with Crippen LogP contribution in [0.4, 0.5) is 0 Å². The minimum atomic E-state index is 0.142. The highest BCUT2D eigenvalue weighted by atomic mass is 35.5. The highest BCUT2D eigenvalue weighted by molar-refractivity contribution is 6.31. The van der Waals surface area contributed by atoms with Gasteiger partial charge in [0.05, 0.1) is 10.5 Å². The van der Waals surface area contributed by atoms with E-state index in [0.29, 0.717) is 5.02 Å². The molecule has 2 N–H and O–H groups in total. The van der Waals surface area contributed by atoms with E-state index in [-0.39, 0.29) is 6.04 Å². The first-order valence-electron chi connectivity index (χ1n) is 7.06. The van der Waals surface area contributed by atoms with Crippen LogP contribution in [0.5, 0.6) is 0 Å². The van der Waals surface area contributed by atoms with Gasteiger partial charge in [-0.25, -0.2) is 0 Å². The Balaban J connectivity index is 2.05. The summed E-state index contributed by atoms with van der Waals surface area (Å²) in [5, 5.41) is 1.93. The summed E-state index contributed by atoms with van der Waals surface area (Å²) in [6.07, 6.45) is 6.43. The molecule has 4 heteroatoms. The smallest absolute Gasteiger partial charge is 0.0639 e. The molecule has 0 saturated heterocycles. The van der Waals surface area contributed by atoms with Crippen LogP contribution in [0.15, 0.2) is 48.9 Å². The zero-order valence-electron chi connectivity index (χ0n) is 12.0. The van der Waals surface area contributed by atoms with Gasteiger partial charge in [0.1, 0.15) is 0 Å². The predicted octanol–water partition coefficient (Wildman–Crippen LogP) is 3.63. The molecular weight excluding hydrogens is 282 g/mol. The van der Waals surface area contributed by atoms with Gasteiger partial charge in [0.2, 0.25) is 0 Å². The van der Waals surface area contributed by atoms with Gasteiger partial charge >= 0.3 is 0 Å². The zero-order valence-corrected chi connectivity index (χ0v) is 12.7. The third-order valence-electron chi connectivity index (χ3n) is 3.61. The summed E-state index contributed by atoms with van der Waals surface area (Å²) in [4.78, 5) is 4.04. The lowest BCUT2D eigenvalue weighted by Crippen LogP contribution is -2.18. The first-order chi connectivity index (χ1) is 10.1. The molecule has 3 aromatic rings. The quantitative estimate of drug-likeness (QED) is 0.799. The first-order valence-corrected chi connectivity index (χ1v) is 7.43. The molecule has 0 aliphatic carbocycles. The number of aromatic nitrogens is 2. The van der Waals surface area contributed by atoms with Crippen LogP contribution in [0.25, 0.3) is 10.9 Å². The van der Waals surface area contributed by atoms with Crippen molar-refractivity contribution in [1.82, 2.24) is 9.55 Å². The van der Waals surface area contributed by atoms with Gasteiger partial charge in [-0.15, -0.1) is 0 Å².